The van der Waals surface area contributed by atoms with E-state index in [-0.39, 0.29) is 0 Å². The SMILES string of the molecule is CCN(CC)c1ccn2c(C)nc(N)c2c1. The molecular weight excluding hydrogens is 200 g/mol. The van der Waals surface area contributed by atoms with Crippen molar-refractivity contribution in [3.05, 3.63) is 24.2 Å². The third kappa shape index (κ3) is 1.60. The standard InChI is InChI=1S/C12H18N4/c1-4-15(5-2)10-6-7-16-9(3)14-12(13)11(16)8-10/h6-8H,4-5,13H2,1-3H3. The fraction of sp³-hybridized carbons (Fsp3) is 0.417. The van der Waals surface area contributed by atoms with Gasteiger partial charge in [-0.15, -0.1) is 0 Å². The summed E-state index contributed by atoms with van der Waals surface area (Å²) in [6.07, 6.45) is 2.03. The van der Waals surface area contributed by atoms with Crippen LogP contribution in [0.5, 0.6) is 0 Å². The number of aryl methyl sites for hydroxylation is 1. The third-order valence-corrected chi connectivity index (χ3v) is 2.96. The number of hydrogen-bond acceptors (Lipinski definition) is 3. The second-order valence-electron chi connectivity index (χ2n) is 3.86. The summed E-state index contributed by atoms with van der Waals surface area (Å²) in [7, 11) is 0. The van der Waals surface area contributed by atoms with Crippen LogP contribution in [0.15, 0.2) is 18.3 Å². The number of anilines is 2. The van der Waals surface area contributed by atoms with E-state index < -0.39 is 0 Å². The van der Waals surface area contributed by atoms with Crippen molar-refractivity contribution in [1.29, 1.82) is 0 Å². The second kappa shape index (κ2) is 4.04. The van der Waals surface area contributed by atoms with Gasteiger partial charge in [0.2, 0.25) is 0 Å². The summed E-state index contributed by atoms with van der Waals surface area (Å²) in [4.78, 5) is 6.56. The molecule has 0 amide bonds. The molecule has 0 saturated carbocycles. The number of nitrogen functional groups attached to an aromatic ring is 1. The van der Waals surface area contributed by atoms with Gasteiger partial charge < -0.3 is 15.0 Å². The first kappa shape index (κ1) is 10.8. The lowest BCUT2D eigenvalue weighted by atomic mass is 10.3. The van der Waals surface area contributed by atoms with Crippen molar-refractivity contribution in [3.8, 4) is 0 Å². The molecule has 0 aromatic carbocycles. The van der Waals surface area contributed by atoms with Gasteiger partial charge in [0.05, 0.1) is 5.52 Å². The van der Waals surface area contributed by atoms with E-state index in [1.165, 1.54) is 5.69 Å². The first-order chi connectivity index (χ1) is 7.67. The number of aromatic nitrogens is 2. The molecular formula is C12H18N4. The van der Waals surface area contributed by atoms with Gasteiger partial charge >= 0.3 is 0 Å². The van der Waals surface area contributed by atoms with Crippen LogP contribution in [-0.4, -0.2) is 22.5 Å². The number of pyridine rings is 1. The van der Waals surface area contributed by atoms with Gasteiger partial charge in [-0.3, -0.25) is 0 Å². The quantitative estimate of drug-likeness (QED) is 0.858. The topological polar surface area (TPSA) is 46.6 Å². The molecule has 0 atom stereocenters. The molecule has 2 heterocycles. The van der Waals surface area contributed by atoms with Crippen molar-refractivity contribution in [2.75, 3.05) is 23.7 Å². The fourth-order valence-corrected chi connectivity index (χ4v) is 2.04. The van der Waals surface area contributed by atoms with Crippen molar-refractivity contribution in [2.45, 2.75) is 20.8 Å². The van der Waals surface area contributed by atoms with E-state index in [0.29, 0.717) is 5.82 Å². The lowest BCUT2D eigenvalue weighted by molar-refractivity contribution is 0.864. The molecule has 86 valence electrons. The minimum absolute atomic E-state index is 0.603. The highest BCUT2D eigenvalue weighted by atomic mass is 15.1. The zero-order valence-corrected chi connectivity index (χ0v) is 10.1. The maximum Gasteiger partial charge on any atom is 0.149 e. The first-order valence-electron chi connectivity index (χ1n) is 5.66. The van der Waals surface area contributed by atoms with E-state index in [1.807, 2.05) is 17.5 Å². The van der Waals surface area contributed by atoms with Gasteiger partial charge in [-0.05, 0) is 32.9 Å². The summed E-state index contributed by atoms with van der Waals surface area (Å²) < 4.78 is 2.02. The Hall–Kier alpha value is -1.71. The van der Waals surface area contributed by atoms with Crippen molar-refractivity contribution in [2.24, 2.45) is 0 Å². The summed E-state index contributed by atoms with van der Waals surface area (Å²) in [5, 5.41) is 0. The van der Waals surface area contributed by atoms with Crippen LogP contribution in [0.4, 0.5) is 11.5 Å². The molecule has 0 fully saturated rings. The van der Waals surface area contributed by atoms with Crippen LogP contribution in [0.3, 0.4) is 0 Å². The molecule has 0 aliphatic rings. The van der Waals surface area contributed by atoms with Gasteiger partial charge in [0.15, 0.2) is 0 Å². The Balaban J connectivity index is 2.55. The molecule has 0 spiro atoms. The van der Waals surface area contributed by atoms with Gasteiger partial charge in [-0.2, -0.15) is 0 Å². The van der Waals surface area contributed by atoms with Crippen molar-refractivity contribution < 1.29 is 0 Å². The van der Waals surface area contributed by atoms with E-state index in [1.54, 1.807) is 0 Å². The highest BCUT2D eigenvalue weighted by molar-refractivity contribution is 5.71. The summed E-state index contributed by atoms with van der Waals surface area (Å²) in [6.45, 7) is 8.26. The molecule has 4 nitrogen and oxygen atoms in total. The predicted octanol–water partition coefficient (Wildman–Crippen LogP) is 2.07. The summed E-state index contributed by atoms with van der Waals surface area (Å²) in [6, 6.07) is 4.20. The van der Waals surface area contributed by atoms with E-state index in [0.717, 1.165) is 24.4 Å². The third-order valence-electron chi connectivity index (χ3n) is 2.96. The van der Waals surface area contributed by atoms with Crippen LogP contribution in [-0.2, 0) is 0 Å². The molecule has 0 bridgehead atoms. The Bertz CT molecular complexity index is 497. The normalized spacial score (nSPS) is 10.9. The van der Waals surface area contributed by atoms with Crippen molar-refractivity contribution in [1.82, 2.24) is 9.38 Å². The maximum absolute atomic E-state index is 5.88. The smallest absolute Gasteiger partial charge is 0.149 e. The minimum atomic E-state index is 0.603. The molecule has 16 heavy (non-hydrogen) atoms. The molecule has 4 heteroatoms. The molecule has 0 radical (unpaired) electrons. The van der Waals surface area contributed by atoms with Crippen LogP contribution in [0.2, 0.25) is 0 Å². The molecule has 0 aliphatic heterocycles. The van der Waals surface area contributed by atoms with Crippen molar-refractivity contribution >= 4 is 17.0 Å². The van der Waals surface area contributed by atoms with Crippen LogP contribution in [0.25, 0.3) is 5.52 Å². The number of nitrogens with zero attached hydrogens (tertiary/aromatic N) is 3. The number of hydrogen-bond donors (Lipinski definition) is 1. The fourth-order valence-electron chi connectivity index (χ4n) is 2.04. The average Bonchev–Trinajstić information content (AvgIpc) is 2.57. The number of fused-ring (bicyclic) bond motifs is 1. The van der Waals surface area contributed by atoms with Gasteiger partial charge in [0.25, 0.3) is 0 Å². The highest BCUT2D eigenvalue weighted by Crippen LogP contribution is 2.21. The summed E-state index contributed by atoms with van der Waals surface area (Å²) in [5.41, 5.74) is 8.06. The zero-order valence-electron chi connectivity index (χ0n) is 10.1. The minimum Gasteiger partial charge on any atom is -0.382 e. The Labute approximate surface area is 95.7 Å². The van der Waals surface area contributed by atoms with Crippen LogP contribution in [0.1, 0.15) is 19.7 Å². The number of imidazole rings is 1. The van der Waals surface area contributed by atoms with Crippen molar-refractivity contribution in [3.63, 3.8) is 0 Å². The predicted molar refractivity (Wildman–Crippen MR) is 67.9 cm³/mol. The van der Waals surface area contributed by atoms with E-state index in [4.69, 9.17) is 5.73 Å². The Morgan fingerprint density at radius 3 is 2.69 bits per heavy atom. The molecule has 2 aromatic heterocycles. The number of rotatable bonds is 3. The van der Waals surface area contributed by atoms with E-state index >= 15 is 0 Å². The molecule has 0 unspecified atom stereocenters. The molecule has 2 aromatic rings. The summed E-state index contributed by atoms with van der Waals surface area (Å²) >= 11 is 0. The Morgan fingerprint density at radius 1 is 1.38 bits per heavy atom. The van der Waals surface area contributed by atoms with Gasteiger partial charge in [-0.1, -0.05) is 0 Å². The number of nitrogens with two attached hydrogens (primary N) is 1. The summed E-state index contributed by atoms with van der Waals surface area (Å²) in [5.74, 6) is 1.53. The molecule has 0 saturated heterocycles. The molecule has 2 rings (SSSR count). The lowest BCUT2D eigenvalue weighted by Crippen LogP contribution is -2.21. The Kier molecular flexibility index (Phi) is 2.73. The van der Waals surface area contributed by atoms with Crippen LogP contribution >= 0.6 is 0 Å². The molecule has 2 N–H and O–H groups in total. The van der Waals surface area contributed by atoms with Crippen LogP contribution < -0.4 is 10.6 Å². The van der Waals surface area contributed by atoms with Gasteiger partial charge in [-0.25, -0.2) is 4.98 Å². The largest absolute Gasteiger partial charge is 0.382 e. The maximum atomic E-state index is 5.88. The average molecular weight is 218 g/mol. The Morgan fingerprint density at radius 2 is 2.06 bits per heavy atom. The first-order valence-corrected chi connectivity index (χ1v) is 5.66. The lowest BCUT2D eigenvalue weighted by Gasteiger charge is -2.21. The van der Waals surface area contributed by atoms with E-state index in [9.17, 15) is 0 Å². The zero-order chi connectivity index (χ0) is 11.7. The van der Waals surface area contributed by atoms with E-state index in [2.05, 4.69) is 35.9 Å². The molecule has 0 aliphatic carbocycles. The van der Waals surface area contributed by atoms with Gasteiger partial charge in [0.1, 0.15) is 11.6 Å². The second-order valence-corrected chi connectivity index (χ2v) is 3.86. The monoisotopic (exact) mass is 218 g/mol. The van der Waals surface area contributed by atoms with Gasteiger partial charge in [0, 0.05) is 25.0 Å². The van der Waals surface area contributed by atoms with Crippen LogP contribution in [0, 0.1) is 6.92 Å². The highest BCUT2D eigenvalue weighted by Gasteiger charge is 2.08.